The van der Waals surface area contributed by atoms with Crippen LogP contribution in [0.25, 0.3) is 33.4 Å². The Morgan fingerprint density at radius 1 is 1.19 bits per heavy atom. The molecule has 0 saturated heterocycles. The number of benzene rings is 1. The molecule has 0 radical (unpaired) electrons. The van der Waals surface area contributed by atoms with Crippen molar-refractivity contribution >= 4 is 23.0 Å². The molecule has 9 nitrogen and oxygen atoms in total. The number of H-pyrrole nitrogens is 1. The Hall–Kier alpha value is -4.14. The molecule has 2 amide bonds. The number of nitrogens with zero attached hydrogens (tertiary/aromatic N) is 3. The molecule has 3 aromatic heterocycles. The smallest absolute Gasteiger partial charge is 0.321 e. The van der Waals surface area contributed by atoms with Crippen LogP contribution in [-0.2, 0) is 7.05 Å². The van der Waals surface area contributed by atoms with Crippen molar-refractivity contribution in [2.45, 2.75) is 6.92 Å². The number of ether oxygens (including phenoxy) is 1. The lowest BCUT2D eigenvalue weighted by Crippen LogP contribution is -2.28. The Labute approximate surface area is 178 Å². The van der Waals surface area contributed by atoms with Crippen molar-refractivity contribution in [2.24, 2.45) is 7.05 Å². The Kier molecular flexibility index (Phi) is 5.40. The van der Waals surface area contributed by atoms with Crippen LogP contribution in [0.5, 0.6) is 5.75 Å². The molecule has 31 heavy (non-hydrogen) atoms. The molecule has 3 heterocycles. The molecule has 158 valence electrons. The number of aryl methyl sites for hydroxylation is 1. The van der Waals surface area contributed by atoms with Crippen LogP contribution in [0.15, 0.2) is 53.6 Å². The van der Waals surface area contributed by atoms with Gasteiger partial charge in [0.25, 0.3) is 5.56 Å². The number of rotatable bonds is 5. The zero-order valence-electron chi connectivity index (χ0n) is 17.4. The Morgan fingerprint density at radius 3 is 2.77 bits per heavy atom. The van der Waals surface area contributed by atoms with E-state index in [-0.39, 0.29) is 11.6 Å². The molecular formula is C22H22N6O3. The van der Waals surface area contributed by atoms with Crippen LogP contribution in [0, 0.1) is 0 Å². The maximum Gasteiger partial charge on any atom is 0.321 e. The zero-order valence-corrected chi connectivity index (χ0v) is 17.4. The van der Waals surface area contributed by atoms with E-state index in [1.807, 2.05) is 31.2 Å². The van der Waals surface area contributed by atoms with E-state index in [1.165, 1.54) is 4.57 Å². The number of methoxy groups -OCH3 is 1. The van der Waals surface area contributed by atoms with Gasteiger partial charge in [-0.1, -0.05) is 0 Å². The number of carbonyl (C=O) groups is 1. The molecule has 0 bridgehead atoms. The number of aromatic nitrogens is 4. The van der Waals surface area contributed by atoms with E-state index >= 15 is 0 Å². The van der Waals surface area contributed by atoms with E-state index < -0.39 is 0 Å². The molecular weight excluding hydrogens is 396 g/mol. The molecule has 0 aliphatic carbocycles. The minimum absolute atomic E-state index is 0.109. The fraction of sp³-hybridized carbons (Fsp3) is 0.182. The molecule has 1 aromatic carbocycles. The Balaban J connectivity index is 1.90. The van der Waals surface area contributed by atoms with Gasteiger partial charge >= 0.3 is 6.03 Å². The Morgan fingerprint density at radius 2 is 2.03 bits per heavy atom. The quantitative estimate of drug-likeness (QED) is 0.461. The van der Waals surface area contributed by atoms with Crippen molar-refractivity contribution in [3.05, 3.63) is 59.1 Å². The van der Waals surface area contributed by atoms with Gasteiger partial charge in [-0.15, -0.1) is 0 Å². The third-order valence-corrected chi connectivity index (χ3v) is 4.84. The van der Waals surface area contributed by atoms with Crippen LogP contribution in [0.4, 0.5) is 10.7 Å². The summed E-state index contributed by atoms with van der Waals surface area (Å²) < 4.78 is 6.85. The van der Waals surface area contributed by atoms with Gasteiger partial charge in [-0.05, 0) is 42.3 Å². The van der Waals surface area contributed by atoms with Crippen molar-refractivity contribution in [3.8, 4) is 28.1 Å². The predicted octanol–water partition coefficient (Wildman–Crippen LogP) is 3.14. The van der Waals surface area contributed by atoms with Crippen LogP contribution in [0.2, 0.25) is 0 Å². The van der Waals surface area contributed by atoms with Crippen LogP contribution in [0.1, 0.15) is 6.92 Å². The SMILES string of the molecule is CCNC(=O)Nc1nc2c(-c3cc(OC)ccn3)cc(-c3ccn(C)c(=O)c3)cc2[nH]1. The number of imidazole rings is 1. The molecule has 3 N–H and O–H groups in total. The first-order valence-corrected chi connectivity index (χ1v) is 9.74. The van der Waals surface area contributed by atoms with Gasteiger partial charge in [-0.2, -0.15) is 0 Å². The van der Waals surface area contributed by atoms with Gasteiger partial charge in [0.2, 0.25) is 5.95 Å². The van der Waals surface area contributed by atoms with Gasteiger partial charge in [0.05, 0.1) is 23.8 Å². The fourth-order valence-electron chi connectivity index (χ4n) is 3.26. The molecule has 4 rings (SSSR count). The van der Waals surface area contributed by atoms with Gasteiger partial charge in [0, 0.05) is 43.7 Å². The molecule has 0 aliphatic rings. The van der Waals surface area contributed by atoms with Crippen molar-refractivity contribution in [2.75, 3.05) is 19.0 Å². The third kappa shape index (κ3) is 4.11. The largest absolute Gasteiger partial charge is 0.497 e. The number of hydrogen-bond acceptors (Lipinski definition) is 5. The van der Waals surface area contributed by atoms with E-state index in [9.17, 15) is 9.59 Å². The number of carbonyl (C=O) groups excluding carboxylic acids is 1. The number of urea groups is 1. The molecule has 0 fully saturated rings. The molecule has 0 saturated carbocycles. The average Bonchev–Trinajstić information content (AvgIpc) is 3.17. The first-order valence-electron chi connectivity index (χ1n) is 9.74. The first-order chi connectivity index (χ1) is 15.0. The van der Waals surface area contributed by atoms with Gasteiger partial charge in [0.15, 0.2) is 0 Å². The van der Waals surface area contributed by atoms with Crippen LogP contribution in [-0.4, -0.2) is 39.2 Å². The fourth-order valence-corrected chi connectivity index (χ4v) is 3.26. The maximum atomic E-state index is 12.2. The highest BCUT2D eigenvalue weighted by molar-refractivity contribution is 5.98. The molecule has 0 unspecified atom stereocenters. The number of aromatic amines is 1. The van der Waals surface area contributed by atoms with Crippen molar-refractivity contribution < 1.29 is 9.53 Å². The molecule has 0 aliphatic heterocycles. The zero-order chi connectivity index (χ0) is 22.0. The summed E-state index contributed by atoms with van der Waals surface area (Å²) in [7, 11) is 3.29. The second-order valence-electron chi connectivity index (χ2n) is 6.94. The second kappa shape index (κ2) is 8.31. The summed E-state index contributed by atoms with van der Waals surface area (Å²) in [5.74, 6) is 0.972. The maximum absolute atomic E-state index is 12.2. The lowest BCUT2D eigenvalue weighted by Gasteiger charge is -2.09. The third-order valence-electron chi connectivity index (χ3n) is 4.84. The number of nitrogens with one attached hydrogen (secondary N) is 3. The summed E-state index contributed by atoms with van der Waals surface area (Å²) >= 11 is 0. The van der Waals surface area contributed by atoms with Crippen molar-refractivity contribution in [3.63, 3.8) is 0 Å². The Bertz CT molecular complexity index is 1320. The van der Waals surface area contributed by atoms with E-state index in [0.29, 0.717) is 35.0 Å². The van der Waals surface area contributed by atoms with Gasteiger partial charge in [-0.3, -0.25) is 15.1 Å². The number of anilines is 1. The number of amides is 2. The summed E-state index contributed by atoms with van der Waals surface area (Å²) in [6.45, 7) is 2.33. The molecule has 9 heteroatoms. The summed E-state index contributed by atoms with van der Waals surface area (Å²) in [5, 5.41) is 5.37. The minimum atomic E-state index is -0.352. The highest BCUT2D eigenvalue weighted by Gasteiger charge is 2.15. The summed E-state index contributed by atoms with van der Waals surface area (Å²) in [5.41, 5.74) is 4.21. The van der Waals surface area contributed by atoms with Gasteiger partial charge in [-0.25, -0.2) is 9.78 Å². The molecule has 4 aromatic rings. The van der Waals surface area contributed by atoms with E-state index in [1.54, 1.807) is 38.7 Å². The number of pyridine rings is 2. The van der Waals surface area contributed by atoms with E-state index in [4.69, 9.17) is 4.74 Å². The standard InChI is InChI=1S/C22H22N6O3/c1-4-23-22(30)27-21-25-18-10-14(13-6-8-28(2)19(29)11-13)9-16(20(18)26-21)17-12-15(31-3)5-7-24-17/h5-12H,4H2,1-3H3,(H3,23,25,26,27,30). The highest BCUT2D eigenvalue weighted by Crippen LogP contribution is 2.33. The van der Waals surface area contributed by atoms with E-state index in [0.717, 1.165) is 16.7 Å². The van der Waals surface area contributed by atoms with Crippen LogP contribution in [0.3, 0.4) is 0 Å². The van der Waals surface area contributed by atoms with Crippen LogP contribution < -0.4 is 20.9 Å². The van der Waals surface area contributed by atoms with Crippen molar-refractivity contribution in [1.29, 1.82) is 0 Å². The predicted molar refractivity (Wildman–Crippen MR) is 119 cm³/mol. The summed E-state index contributed by atoms with van der Waals surface area (Å²) in [6.07, 6.45) is 3.38. The summed E-state index contributed by atoms with van der Waals surface area (Å²) in [4.78, 5) is 36.3. The molecule has 0 atom stereocenters. The van der Waals surface area contributed by atoms with Gasteiger partial charge in [0.1, 0.15) is 5.75 Å². The monoisotopic (exact) mass is 418 g/mol. The minimum Gasteiger partial charge on any atom is -0.497 e. The topological polar surface area (TPSA) is 114 Å². The lowest BCUT2D eigenvalue weighted by molar-refractivity contribution is 0.252. The van der Waals surface area contributed by atoms with E-state index in [2.05, 4.69) is 25.6 Å². The lowest BCUT2D eigenvalue weighted by atomic mass is 10.0. The number of fused-ring (bicyclic) bond motifs is 1. The first kappa shape index (κ1) is 20.1. The molecule has 0 spiro atoms. The number of hydrogen-bond donors (Lipinski definition) is 3. The second-order valence-corrected chi connectivity index (χ2v) is 6.94. The highest BCUT2D eigenvalue weighted by atomic mass is 16.5. The summed E-state index contributed by atoms with van der Waals surface area (Å²) in [6, 6.07) is 10.5. The van der Waals surface area contributed by atoms with Gasteiger partial charge < -0.3 is 19.6 Å². The normalized spacial score (nSPS) is 10.8. The van der Waals surface area contributed by atoms with Crippen LogP contribution >= 0.6 is 0 Å². The average molecular weight is 418 g/mol. The van der Waals surface area contributed by atoms with Crippen molar-refractivity contribution in [1.82, 2.24) is 24.8 Å².